The van der Waals surface area contributed by atoms with Crippen molar-refractivity contribution in [2.45, 2.75) is 9.79 Å². The number of amides is 1. The molecule has 0 spiro atoms. The zero-order valence-electron chi connectivity index (χ0n) is 21.5. The summed E-state index contributed by atoms with van der Waals surface area (Å²) in [5, 5.41) is 4.35. The van der Waals surface area contributed by atoms with Gasteiger partial charge in [0.2, 0.25) is 10.0 Å². The van der Waals surface area contributed by atoms with Gasteiger partial charge < -0.3 is 14.8 Å². The number of hydrogen-bond acceptors (Lipinski definition) is 7. The fraction of sp³-hybridized carbons (Fsp3) is 0.179. The van der Waals surface area contributed by atoms with E-state index in [0.29, 0.717) is 24.6 Å². The minimum atomic E-state index is -3.91. The lowest BCUT2D eigenvalue weighted by Crippen LogP contribution is -2.40. The average molecular weight is 582 g/mol. The second kappa shape index (κ2) is 11.3. The van der Waals surface area contributed by atoms with Crippen LogP contribution in [0.25, 0.3) is 10.8 Å². The largest absolute Gasteiger partial charge is 0.496 e. The lowest BCUT2D eigenvalue weighted by atomic mass is 10.1. The summed E-state index contributed by atoms with van der Waals surface area (Å²) < 4.78 is 66.8. The minimum Gasteiger partial charge on any atom is -0.496 e. The van der Waals surface area contributed by atoms with Crippen molar-refractivity contribution in [3.8, 4) is 5.75 Å². The number of methoxy groups -OCH3 is 1. The van der Waals surface area contributed by atoms with Crippen LogP contribution in [0.1, 0.15) is 10.4 Å². The Morgan fingerprint density at radius 2 is 1.52 bits per heavy atom. The van der Waals surface area contributed by atoms with Crippen LogP contribution in [0.2, 0.25) is 0 Å². The molecule has 12 heteroatoms. The summed E-state index contributed by atoms with van der Waals surface area (Å²) in [7, 11) is -6.36. The molecule has 1 saturated heterocycles. The van der Waals surface area contributed by atoms with Gasteiger partial charge in [0, 0.05) is 24.2 Å². The van der Waals surface area contributed by atoms with Crippen molar-refractivity contribution >= 4 is 48.1 Å². The summed E-state index contributed by atoms with van der Waals surface area (Å²) >= 11 is 0. The number of anilines is 2. The molecule has 4 aromatic rings. The smallest absolute Gasteiger partial charge is 0.261 e. The molecule has 0 aromatic heterocycles. The van der Waals surface area contributed by atoms with Crippen molar-refractivity contribution in [2.75, 3.05) is 43.5 Å². The van der Waals surface area contributed by atoms with Crippen LogP contribution in [0, 0.1) is 0 Å². The lowest BCUT2D eigenvalue weighted by Gasteiger charge is -2.26. The first kappa shape index (κ1) is 27.6. The van der Waals surface area contributed by atoms with Crippen LogP contribution < -0.4 is 14.8 Å². The molecule has 1 aliphatic rings. The molecule has 208 valence electrons. The third-order valence-corrected chi connectivity index (χ3v) is 9.76. The Balaban J connectivity index is 1.35. The Morgan fingerprint density at radius 1 is 0.850 bits per heavy atom. The van der Waals surface area contributed by atoms with Crippen molar-refractivity contribution < 1.29 is 31.1 Å². The van der Waals surface area contributed by atoms with E-state index in [1.807, 2.05) is 30.3 Å². The number of benzene rings is 4. The van der Waals surface area contributed by atoms with Gasteiger partial charge in [-0.25, -0.2) is 16.8 Å². The number of rotatable bonds is 8. The van der Waals surface area contributed by atoms with Crippen LogP contribution in [0.5, 0.6) is 5.75 Å². The zero-order chi connectivity index (χ0) is 28.3. The molecule has 0 saturated carbocycles. The average Bonchev–Trinajstić information content (AvgIpc) is 2.97. The summed E-state index contributed by atoms with van der Waals surface area (Å²) in [6, 6.07) is 22.5. The molecule has 10 nitrogen and oxygen atoms in total. The normalized spacial score (nSPS) is 14.5. The summed E-state index contributed by atoms with van der Waals surface area (Å²) in [4.78, 5) is 13.1. The second-order valence-electron chi connectivity index (χ2n) is 8.99. The maximum Gasteiger partial charge on any atom is 0.261 e. The van der Waals surface area contributed by atoms with Crippen LogP contribution in [0.4, 0.5) is 11.4 Å². The van der Waals surface area contributed by atoms with Crippen LogP contribution >= 0.6 is 0 Å². The maximum atomic E-state index is 13.1. The quantitative estimate of drug-likeness (QED) is 0.322. The SMILES string of the molecule is COc1ccc(S(=O)(=O)N2CCOCC2)cc1C(=O)Nc1ccc(S(=O)(=O)Nc2cccc3ccccc23)cc1. The first-order valence-corrected chi connectivity index (χ1v) is 15.3. The second-order valence-corrected chi connectivity index (χ2v) is 12.6. The molecule has 1 aliphatic heterocycles. The molecule has 0 unspecified atom stereocenters. The van der Waals surface area contributed by atoms with Gasteiger partial charge in [0.15, 0.2) is 0 Å². The van der Waals surface area contributed by atoms with Gasteiger partial charge in [-0.05, 0) is 53.9 Å². The van der Waals surface area contributed by atoms with E-state index in [2.05, 4.69) is 10.0 Å². The number of hydrogen-bond donors (Lipinski definition) is 2. The van der Waals surface area contributed by atoms with Gasteiger partial charge in [0.1, 0.15) is 5.75 Å². The number of ether oxygens (including phenoxy) is 2. The van der Waals surface area contributed by atoms with E-state index in [-0.39, 0.29) is 34.2 Å². The fourth-order valence-corrected chi connectivity index (χ4v) is 6.91. The standard InChI is InChI=1S/C28H27N3O7S2/c1-37-27-14-13-23(40(35,36)31-15-17-38-18-16-31)19-25(27)28(32)29-21-9-11-22(12-10-21)39(33,34)30-26-8-4-6-20-5-2-3-7-24(20)26/h2-14,19,30H,15-18H2,1H3,(H,29,32). The summed E-state index contributed by atoms with van der Waals surface area (Å²) in [6.07, 6.45) is 0. The van der Waals surface area contributed by atoms with Crippen molar-refractivity contribution in [3.05, 3.63) is 90.5 Å². The molecule has 0 aliphatic carbocycles. The van der Waals surface area contributed by atoms with Crippen molar-refractivity contribution in [2.24, 2.45) is 0 Å². The number of nitrogens with one attached hydrogen (secondary N) is 2. The fourth-order valence-electron chi connectivity index (χ4n) is 4.39. The molecule has 2 N–H and O–H groups in total. The van der Waals surface area contributed by atoms with E-state index < -0.39 is 26.0 Å². The Labute approximate surface area is 232 Å². The highest BCUT2D eigenvalue weighted by molar-refractivity contribution is 7.92. The summed E-state index contributed by atoms with van der Waals surface area (Å²) in [6.45, 7) is 1.04. The van der Waals surface area contributed by atoms with Crippen molar-refractivity contribution in [1.82, 2.24) is 4.31 Å². The highest BCUT2D eigenvalue weighted by Crippen LogP contribution is 2.28. The maximum absolute atomic E-state index is 13.1. The van der Waals surface area contributed by atoms with Gasteiger partial charge in [-0.3, -0.25) is 9.52 Å². The van der Waals surface area contributed by atoms with Gasteiger partial charge in [-0.15, -0.1) is 0 Å². The first-order valence-electron chi connectivity index (χ1n) is 12.4. The topological polar surface area (TPSA) is 131 Å². The Kier molecular flexibility index (Phi) is 7.76. The molecule has 5 rings (SSSR count). The van der Waals surface area contributed by atoms with E-state index in [1.165, 1.54) is 53.9 Å². The van der Waals surface area contributed by atoms with Gasteiger partial charge >= 0.3 is 0 Å². The van der Waals surface area contributed by atoms with E-state index >= 15 is 0 Å². The number of fused-ring (bicyclic) bond motifs is 1. The summed E-state index contributed by atoms with van der Waals surface area (Å²) in [5.41, 5.74) is 0.790. The number of sulfonamides is 2. The van der Waals surface area contributed by atoms with Gasteiger partial charge in [-0.1, -0.05) is 36.4 Å². The highest BCUT2D eigenvalue weighted by atomic mass is 32.2. The predicted octanol–water partition coefficient (Wildman–Crippen LogP) is 3.92. The van der Waals surface area contributed by atoms with E-state index in [4.69, 9.17) is 9.47 Å². The van der Waals surface area contributed by atoms with E-state index in [9.17, 15) is 21.6 Å². The Bertz CT molecular complexity index is 1760. The molecular weight excluding hydrogens is 554 g/mol. The first-order chi connectivity index (χ1) is 19.2. The van der Waals surface area contributed by atoms with Crippen molar-refractivity contribution in [3.63, 3.8) is 0 Å². The molecule has 40 heavy (non-hydrogen) atoms. The Hall–Kier alpha value is -3.97. The number of nitrogens with zero attached hydrogens (tertiary/aromatic N) is 1. The van der Waals surface area contributed by atoms with Gasteiger partial charge in [-0.2, -0.15) is 4.31 Å². The zero-order valence-corrected chi connectivity index (χ0v) is 23.2. The number of morpholine rings is 1. The highest BCUT2D eigenvalue weighted by Gasteiger charge is 2.28. The van der Waals surface area contributed by atoms with E-state index in [0.717, 1.165) is 10.8 Å². The molecule has 0 bridgehead atoms. The molecule has 1 heterocycles. The third kappa shape index (κ3) is 5.65. The minimum absolute atomic E-state index is 0.00890. The number of carbonyl (C=O) groups is 1. The van der Waals surface area contributed by atoms with Gasteiger partial charge in [0.25, 0.3) is 15.9 Å². The third-order valence-electron chi connectivity index (χ3n) is 6.48. The van der Waals surface area contributed by atoms with Crippen molar-refractivity contribution in [1.29, 1.82) is 0 Å². The van der Waals surface area contributed by atoms with Gasteiger partial charge in [0.05, 0.1) is 41.4 Å². The predicted molar refractivity (Wildman–Crippen MR) is 152 cm³/mol. The Morgan fingerprint density at radius 3 is 2.25 bits per heavy atom. The van der Waals surface area contributed by atoms with Crippen LogP contribution in [0.15, 0.2) is 94.7 Å². The lowest BCUT2D eigenvalue weighted by molar-refractivity contribution is 0.0730. The molecule has 1 amide bonds. The molecule has 0 atom stereocenters. The van der Waals surface area contributed by atoms with Crippen LogP contribution in [0.3, 0.4) is 0 Å². The van der Waals surface area contributed by atoms with Crippen LogP contribution in [-0.2, 0) is 24.8 Å². The molecule has 4 aromatic carbocycles. The molecule has 0 radical (unpaired) electrons. The summed E-state index contributed by atoms with van der Waals surface area (Å²) in [5.74, 6) is -0.419. The monoisotopic (exact) mass is 581 g/mol. The van der Waals surface area contributed by atoms with E-state index in [1.54, 1.807) is 12.1 Å². The van der Waals surface area contributed by atoms with Crippen LogP contribution in [-0.4, -0.2) is 60.5 Å². The number of carbonyl (C=O) groups excluding carboxylic acids is 1. The molecular formula is C28H27N3O7S2. The molecule has 1 fully saturated rings.